The Morgan fingerprint density at radius 2 is 1.78 bits per heavy atom. The molecule has 0 radical (unpaired) electrons. The van der Waals surface area contributed by atoms with Gasteiger partial charge in [-0.15, -0.1) is 0 Å². The summed E-state index contributed by atoms with van der Waals surface area (Å²) in [7, 11) is 0. The van der Waals surface area contributed by atoms with Crippen LogP contribution < -0.4 is 5.56 Å². The normalized spacial score (nSPS) is 12.7. The van der Waals surface area contributed by atoms with Gasteiger partial charge in [-0.2, -0.15) is 0 Å². The van der Waals surface area contributed by atoms with Crippen LogP contribution in [0.4, 0.5) is 0 Å². The van der Waals surface area contributed by atoms with Crippen LogP contribution in [0.1, 0.15) is 20.8 Å². The monoisotopic (exact) mass is 403 g/mol. The maximum absolute atomic E-state index is 13.3. The second-order valence-electron chi connectivity index (χ2n) is 6.57. The highest BCUT2D eigenvalue weighted by molar-refractivity contribution is 6.38. The number of aromatic nitrogens is 2. The zero-order valence-electron chi connectivity index (χ0n) is 15.7. The Bertz CT molecular complexity index is 998. The smallest absolute Gasteiger partial charge is 0.261 e. The van der Waals surface area contributed by atoms with Crippen molar-refractivity contribution in [2.24, 2.45) is 0 Å². The Labute approximate surface area is 169 Å². The van der Waals surface area contributed by atoms with Crippen molar-refractivity contribution in [1.29, 1.82) is 0 Å². The molecule has 1 aromatic heterocycles. The molecule has 3 aromatic rings. The Hall–Kier alpha value is -1.88. The zero-order chi connectivity index (χ0) is 19.6. The maximum Gasteiger partial charge on any atom is 0.261 e. The van der Waals surface area contributed by atoms with Gasteiger partial charge in [0.05, 0.1) is 15.9 Å². The number of likely N-dealkylation sites (N-methyl/N-ethyl adjacent to an activating group) is 1. The van der Waals surface area contributed by atoms with Gasteiger partial charge >= 0.3 is 0 Å². The number of rotatable bonds is 6. The second kappa shape index (κ2) is 8.42. The summed E-state index contributed by atoms with van der Waals surface area (Å²) in [5.74, 6) is 0.622. The minimum Gasteiger partial charge on any atom is -0.299 e. The lowest BCUT2D eigenvalue weighted by Gasteiger charge is -2.28. The van der Waals surface area contributed by atoms with Gasteiger partial charge in [-0.3, -0.25) is 14.3 Å². The molecule has 2 aromatic carbocycles. The molecule has 0 aliphatic heterocycles. The molecule has 0 spiro atoms. The molecule has 27 heavy (non-hydrogen) atoms. The van der Waals surface area contributed by atoms with Crippen molar-refractivity contribution >= 4 is 34.1 Å². The van der Waals surface area contributed by atoms with Gasteiger partial charge in [0, 0.05) is 23.2 Å². The Kier molecular flexibility index (Phi) is 6.20. The molecule has 1 atom stereocenters. The van der Waals surface area contributed by atoms with E-state index in [2.05, 4.69) is 25.7 Å². The summed E-state index contributed by atoms with van der Waals surface area (Å²) in [6.07, 6.45) is 0. The van der Waals surface area contributed by atoms with Crippen molar-refractivity contribution in [2.45, 2.75) is 33.4 Å². The molecule has 6 heteroatoms. The molecular formula is C21H23Cl2N3O. The molecular weight excluding hydrogens is 381 g/mol. The predicted molar refractivity (Wildman–Crippen MR) is 114 cm³/mol. The number of hydrogen-bond donors (Lipinski definition) is 0. The van der Waals surface area contributed by atoms with Crippen LogP contribution in [-0.2, 0) is 6.54 Å². The average molecular weight is 404 g/mol. The van der Waals surface area contributed by atoms with Gasteiger partial charge < -0.3 is 0 Å². The van der Waals surface area contributed by atoms with Crippen molar-refractivity contribution in [3.8, 4) is 11.4 Å². The first-order valence-electron chi connectivity index (χ1n) is 9.15. The summed E-state index contributed by atoms with van der Waals surface area (Å²) in [5.41, 5.74) is 1.24. The van der Waals surface area contributed by atoms with E-state index in [1.165, 1.54) is 0 Å². The van der Waals surface area contributed by atoms with Crippen LogP contribution in [0.15, 0.2) is 47.3 Å². The molecule has 1 unspecified atom stereocenters. The van der Waals surface area contributed by atoms with Gasteiger partial charge in [-0.25, -0.2) is 4.98 Å². The Balaban J connectivity index is 2.25. The van der Waals surface area contributed by atoms with Gasteiger partial charge in [0.15, 0.2) is 0 Å². The van der Waals surface area contributed by atoms with Crippen molar-refractivity contribution < 1.29 is 0 Å². The average Bonchev–Trinajstić information content (AvgIpc) is 2.66. The molecule has 0 bridgehead atoms. The first kappa shape index (κ1) is 19.9. The SMILES string of the molecule is CCN(CC)C(C)Cn1c(-c2ccccc2)nc2c(Cl)cc(Cl)cc2c1=O. The number of hydrogen-bond acceptors (Lipinski definition) is 3. The van der Waals surface area contributed by atoms with Gasteiger partial charge in [0.2, 0.25) is 0 Å². The molecule has 0 N–H and O–H groups in total. The lowest BCUT2D eigenvalue weighted by molar-refractivity contribution is 0.210. The predicted octanol–water partition coefficient (Wildman–Crippen LogP) is 5.10. The van der Waals surface area contributed by atoms with Crippen molar-refractivity contribution in [3.05, 3.63) is 62.9 Å². The fourth-order valence-electron chi connectivity index (χ4n) is 3.45. The molecule has 3 rings (SSSR count). The highest BCUT2D eigenvalue weighted by Gasteiger charge is 2.19. The third-order valence-electron chi connectivity index (χ3n) is 4.89. The third-order valence-corrected chi connectivity index (χ3v) is 5.40. The molecule has 142 valence electrons. The van der Waals surface area contributed by atoms with Crippen LogP contribution in [0, 0.1) is 0 Å². The summed E-state index contributed by atoms with van der Waals surface area (Å²) >= 11 is 12.5. The number of benzene rings is 2. The van der Waals surface area contributed by atoms with Crippen molar-refractivity contribution in [2.75, 3.05) is 13.1 Å². The number of fused-ring (bicyclic) bond motifs is 1. The summed E-state index contributed by atoms with van der Waals surface area (Å²) in [6.45, 7) is 8.76. The van der Waals surface area contributed by atoms with Crippen LogP contribution in [0.5, 0.6) is 0 Å². The van der Waals surface area contributed by atoms with E-state index in [1.54, 1.807) is 16.7 Å². The van der Waals surface area contributed by atoms with Gasteiger partial charge in [-0.1, -0.05) is 67.4 Å². The first-order chi connectivity index (χ1) is 13.0. The minimum atomic E-state index is -0.123. The minimum absolute atomic E-state index is 0.123. The molecule has 0 fully saturated rings. The molecule has 0 amide bonds. The Morgan fingerprint density at radius 3 is 2.41 bits per heavy atom. The second-order valence-corrected chi connectivity index (χ2v) is 7.41. The van der Waals surface area contributed by atoms with Crippen LogP contribution >= 0.6 is 23.2 Å². The zero-order valence-corrected chi connectivity index (χ0v) is 17.3. The molecule has 0 saturated carbocycles. The maximum atomic E-state index is 13.3. The van der Waals surface area contributed by atoms with Gasteiger partial charge in [-0.05, 0) is 32.1 Å². The molecule has 1 heterocycles. The van der Waals surface area contributed by atoms with E-state index >= 15 is 0 Å². The Morgan fingerprint density at radius 1 is 1.11 bits per heavy atom. The van der Waals surface area contributed by atoms with Gasteiger partial charge in [0.25, 0.3) is 5.56 Å². The molecule has 4 nitrogen and oxygen atoms in total. The summed E-state index contributed by atoms with van der Waals surface area (Å²) in [6, 6.07) is 13.2. The summed E-state index contributed by atoms with van der Waals surface area (Å²) < 4.78 is 1.74. The third kappa shape index (κ3) is 4.03. The van der Waals surface area contributed by atoms with E-state index in [4.69, 9.17) is 28.2 Å². The molecule has 0 aliphatic rings. The largest absolute Gasteiger partial charge is 0.299 e. The molecule has 0 saturated heterocycles. The van der Waals surface area contributed by atoms with Crippen LogP contribution in [0.2, 0.25) is 10.0 Å². The van der Waals surface area contributed by atoms with E-state index in [0.717, 1.165) is 18.7 Å². The van der Waals surface area contributed by atoms with Crippen LogP contribution in [-0.4, -0.2) is 33.6 Å². The van der Waals surface area contributed by atoms with E-state index in [1.807, 2.05) is 30.3 Å². The van der Waals surface area contributed by atoms with Crippen molar-refractivity contribution in [3.63, 3.8) is 0 Å². The summed E-state index contributed by atoms with van der Waals surface area (Å²) in [4.78, 5) is 20.4. The first-order valence-corrected chi connectivity index (χ1v) is 9.90. The summed E-state index contributed by atoms with van der Waals surface area (Å²) in [5, 5.41) is 1.26. The van der Waals surface area contributed by atoms with Crippen LogP contribution in [0.25, 0.3) is 22.3 Å². The van der Waals surface area contributed by atoms with Crippen molar-refractivity contribution in [1.82, 2.24) is 14.5 Å². The van der Waals surface area contributed by atoms with Crippen LogP contribution in [0.3, 0.4) is 0 Å². The van der Waals surface area contributed by atoms with Gasteiger partial charge in [0.1, 0.15) is 5.82 Å². The lowest BCUT2D eigenvalue weighted by atomic mass is 10.1. The van der Waals surface area contributed by atoms with E-state index in [9.17, 15) is 4.79 Å². The lowest BCUT2D eigenvalue weighted by Crippen LogP contribution is -2.39. The highest BCUT2D eigenvalue weighted by atomic mass is 35.5. The van der Waals surface area contributed by atoms with E-state index in [-0.39, 0.29) is 11.6 Å². The highest BCUT2D eigenvalue weighted by Crippen LogP contribution is 2.27. The van der Waals surface area contributed by atoms with E-state index < -0.39 is 0 Å². The van der Waals surface area contributed by atoms with E-state index in [0.29, 0.717) is 33.3 Å². The number of nitrogens with zero attached hydrogens (tertiary/aromatic N) is 3. The molecule has 0 aliphatic carbocycles. The fourth-order valence-corrected chi connectivity index (χ4v) is 3.99. The fraction of sp³-hybridized carbons (Fsp3) is 0.333. The quantitative estimate of drug-likeness (QED) is 0.574. The topological polar surface area (TPSA) is 38.1 Å². The standard InChI is InChI=1S/C21H23Cl2N3O/c1-4-25(5-2)14(3)13-26-20(15-9-7-6-8-10-15)24-19-17(21(26)27)11-16(22)12-18(19)23/h6-12,14H,4-5,13H2,1-3H3. The number of halogens is 2.